The zero-order valence-corrected chi connectivity index (χ0v) is 25.6. The molecule has 47 heavy (non-hydrogen) atoms. The van der Waals surface area contributed by atoms with Crippen LogP contribution in [-0.4, -0.2) is 9.55 Å². The second-order valence-corrected chi connectivity index (χ2v) is 12.4. The van der Waals surface area contributed by atoms with Gasteiger partial charge in [-0.3, -0.25) is 0 Å². The summed E-state index contributed by atoms with van der Waals surface area (Å²) in [6, 6.07) is 44.0. The molecule has 10 rings (SSSR count). The third-order valence-corrected chi connectivity index (χ3v) is 9.79. The third kappa shape index (κ3) is 3.81. The van der Waals surface area contributed by atoms with Gasteiger partial charge in [-0.15, -0.1) is 0 Å². The summed E-state index contributed by atoms with van der Waals surface area (Å²) in [5.74, 6) is 0. The number of nitrogens with zero attached hydrogens (tertiary/aromatic N) is 2. The lowest BCUT2D eigenvalue weighted by Gasteiger charge is -2.33. The molecule has 2 aliphatic rings. The lowest BCUT2D eigenvalue weighted by molar-refractivity contribution is 1.18. The molecular weight excluding hydrogens is 571 g/mol. The van der Waals surface area contributed by atoms with Crippen LogP contribution in [0.5, 0.6) is 0 Å². The van der Waals surface area contributed by atoms with E-state index in [-0.39, 0.29) is 0 Å². The van der Waals surface area contributed by atoms with Gasteiger partial charge in [-0.25, -0.2) is 0 Å². The van der Waals surface area contributed by atoms with Gasteiger partial charge in [-0.2, -0.15) is 0 Å². The molecule has 0 atom stereocenters. The molecule has 0 saturated heterocycles. The molecule has 220 valence electrons. The van der Waals surface area contributed by atoms with Crippen molar-refractivity contribution < 1.29 is 0 Å². The maximum atomic E-state index is 4.55. The maximum Gasteiger partial charge on any atom is 0.0643 e. The molecule has 6 aromatic carbocycles. The normalized spacial score (nSPS) is 13.9. The van der Waals surface area contributed by atoms with Crippen molar-refractivity contribution in [2.24, 2.45) is 0 Å². The smallest absolute Gasteiger partial charge is 0.0643 e. The number of aromatic nitrogens is 2. The zero-order chi connectivity index (χ0) is 31.1. The van der Waals surface area contributed by atoms with Crippen molar-refractivity contribution in [1.29, 1.82) is 0 Å². The first-order valence-corrected chi connectivity index (χ1v) is 16.0. The van der Waals surface area contributed by atoms with Crippen molar-refractivity contribution in [3.8, 4) is 28.1 Å². The molecule has 2 aliphatic heterocycles. The molecular formula is C44H29N3. The monoisotopic (exact) mass is 599 g/mol. The molecule has 0 amide bonds. The van der Waals surface area contributed by atoms with E-state index in [1.54, 1.807) is 0 Å². The zero-order valence-electron chi connectivity index (χ0n) is 25.6. The molecule has 4 heterocycles. The Balaban J connectivity index is 1.21. The molecule has 0 spiro atoms. The van der Waals surface area contributed by atoms with Crippen molar-refractivity contribution in [3.63, 3.8) is 0 Å². The van der Waals surface area contributed by atoms with Crippen LogP contribution in [0.25, 0.3) is 77.0 Å². The van der Waals surface area contributed by atoms with E-state index in [0.29, 0.717) is 0 Å². The van der Waals surface area contributed by atoms with Crippen LogP contribution in [0.4, 0.5) is 5.69 Å². The summed E-state index contributed by atoms with van der Waals surface area (Å²) >= 11 is 0. The van der Waals surface area contributed by atoms with E-state index in [1.165, 1.54) is 65.7 Å². The van der Waals surface area contributed by atoms with Gasteiger partial charge in [0.05, 0.1) is 22.4 Å². The highest BCUT2D eigenvalue weighted by atomic mass is 15.1. The number of hydrogen-bond donors (Lipinski definition) is 1. The van der Waals surface area contributed by atoms with E-state index in [2.05, 4.69) is 179 Å². The minimum Gasteiger partial charge on any atom is -0.359 e. The van der Waals surface area contributed by atoms with Crippen LogP contribution in [-0.2, 0) is 0 Å². The van der Waals surface area contributed by atoms with Crippen LogP contribution in [0.3, 0.4) is 0 Å². The molecule has 1 N–H and O–H groups in total. The number of fused-ring (bicyclic) bond motifs is 11. The quantitative estimate of drug-likeness (QED) is 0.201. The van der Waals surface area contributed by atoms with Crippen molar-refractivity contribution in [3.05, 3.63) is 176 Å². The minimum atomic E-state index is 1.04. The summed E-state index contributed by atoms with van der Waals surface area (Å²) in [5.41, 5.74) is 12.7. The number of para-hydroxylation sites is 2. The van der Waals surface area contributed by atoms with Crippen LogP contribution >= 0.6 is 0 Å². The van der Waals surface area contributed by atoms with E-state index in [0.717, 1.165) is 28.2 Å². The van der Waals surface area contributed by atoms with Crippen molar-refractivity contribution in [2.45, 2.75) is 0 Å². The van der Waals surface area contributed by atoms with Gasteiger partial charge < -0.3 is 14.5 Å². The standard InChI is InChI=1S/C44H29N3/c1-28-23-32-13-9-10-22-46(32)44-37-21-19-31(25-39(37)38-24-30(18-20-36(38)43(28)44)29-11-3-2-4-12-29)40-26-33(27-45-40)47-41-16-7-5-14-34(41)35-15-6-8-17-42(35)47/h2-27,45H,1H2. The van der Waals surface area contributed by atoms with Gasteiger partial charge in [0, 0.05) is 45.5 Å². The van der Waals surface area contributed by atoms with Crippen LogP contribution in [0, 0.1) is 0 Å². The molecule has 3 heteroatoms. The van der Waals surface area contributed by atoms with E-state index in [4.69, 9.17) is 0 Å². The number of aromatic amines is 1. The summed E-state index contributed by atoms with van der Waals surface area (Å²) in [7, 11) is 0. The van der Waals surface area contributed by atoms with Gasteiger partial charge in [-0.1, -0.05) is 104 Å². The Labute approximate surface area is 272 Å². The molecule has 8 aromatic rings. The minimum absolute atomic E-state index is 1.04. The SMILES string of the molecule is C=C1C=C2C=CC=CN2c2c1c1ccc(-c3ccccc3)cc1c1cc(-c3cc(-n4c5ccccc5c5ccccc54)c[nH]3)ccc21. The Hall–Kier alpha value is -6.32. The van der Waals surface area contributed by atoms with Crippen LogP contribution in [0.2, 0.25) is 0 Å². The first-order chi connectivity index (χ1) is 23.2. The van der Waals surface area contributed by atoms with Gasteiger partial charge in [0.15, 0.2) is 0 Å². The Morgan fingerprint density at radius 2 is 1.23 bits per heavy atom. The number of H-pyrrole nitrogens is 1. The van der Waals surface area contributed by atoms with E-state index in [1.807, 2.05) is 0 Å². The summed E-state index contributed by atoms with van der Waals surface area (Å²) < 4.78 is 2.36. The van der Waals surface area contributed by atoms with Crippen LogP contribution < -0.4 is 4.90 Å². The predicted molar refractivity (Wildman–Crippen MR) is 199 cm³/mol. The van der Waals surface area contributed by atoms with Crippen molar-refractivity contribution in [1.82, 2.24) is 9.55 Å². The van der Waals surface area contributed by atoms with Crippen LogP contribution in [0.1, 0.15) is 5.56 Å². The van der Waals surface area contributed by atoms with Gasteiger partial charge in [0.2, 0.25) is 0 Å². The maximum absolute atomic E-state index is 4.55. The van der Waals surface area contributed by atoms with E-state index in [9.17, 15) is 0 Å². The van der Waals surface area contributed by atoms with Gasteiger partial charge in [-0.05, 0) is 87.0 Å². The number of anilines is 1. The molecule has 0 aliphatic carbocycles. The first-order valence-electron chi connectivity index (χ1n) is 16.0. The topological polar surface area (TPSA) is 24.0 Å². The molecule has 0 saturated carbocycles. The molecule has 0 bridgehead atoms. The number of allylic oxidation sites excluding steroid dienone is 5. The largest absolute Gasteiger partial charge is 0.359 e. The van der Waals surface area contributed by atoms with Crippen molar-refractivity contribution >= 4 is 54.6 Å². The summed E-state index contributed by atoms with van der Waals surface area (Å²) in [6.45, 7) is 4.55. The Bertz CT molecular complexity index is 2640. The highest BCUT2D eigenvalue weighted by molar-refractivity contribution is 6.22. The second kappa shape index (κ2) is 9.84. The summed E-state index contributed by atoms with van der Waals surface area (Å²) in [4.78, 5) is 5.94. The Kier molecular flexibility index (Phi) is 5.43. The fourth-order valence-corrected chi connectivity index (χ4v) is 7.68. The summed E-state index contributed by atoms with van der Waals surface area (Å²) in [5, 5.41) is 7.40. The highest BCUT2D eigenvalue weighted by Crippen LogP contribution is 2.48. The average molecular weight is 600 g/mol. The van der Waals surface area contributed by atoms with E-state index >= 15 is 0 Å². The molecule has 3 nitrogen and oxygen atoms in total. The molecule has 0 unspecified atom stereocenters. The van der Waals surface area contributed by atoms with Gasteiger partial charge in [0.1, 0.15) is 0 Å². The second-order valence-electron chi connectivity index (χ2n) is 12.4. The fraction of sp³-hybridized carbons (Fsp3) is 0. The van der Waals surface area contributed by atoms with Crippen molar-refractivity contribution in [2.75, 3.05) is 4.90 Å². The Morgan fingerprint density at radius 1 is 0.553 bits per heavy atom. The lowest BCUT2D eigenvalue weighted by Crippen LogP contribution is -2.21. The third-order valence-electron chi connectivity index (χ3n) is 9.79. The Morgan fingerprint density at radius 3 is 2.04 bits per heavy atom. The fourth-order valence-electron chi connectivity index (χ4n) is 7.68. The van der Waals surface area contributed by atoms with Gasteiger partial charge >= 0.3 is 0 Å². The molecule has 0 radical (unpaired) electrons. The number of nitrogens with one attached hydrogen (secondary N) is 1. The summed E-state index contributed by atoms with van der Waals surface area (Å²) in [6.07, 6.45) is 12.8. The molecule has 0 fully saturated rings. The number of hydrogen-bond acceptors (Lipinski definition) is 1. The predicted octanol–water partition coefficient (Wildman–Crippen LogP) is 11.6. The van der Waals surface area contributed by atoms with Gasteiger partial charge in [0.25, 0.3) is 0 Å². The van der Waals surface area contributed by atoms with Crippen LogP contribution in [0.15, 0.2) is 170 Å². The highest BCUT2D eigenvalue weighted by Gasteiger charge is 2.26. The lowest BCUT2D eigenvalue weighted by atomic mass is 9.86. The van der Waals surface area contributed by atoms with E-state index < -0.39 is 0 Å². The number of rotatable bonds is 3. The average Bonchev–Trinajstić information content (AvgIpc) is 3.74. The first kappa shape index (κ1) is 26.0. The molecule has 2 aromatic heterocycles. The number of benzene rings is 6.